The van der Waals surface area contributed by atoms with Gasteiger partial charge in [-0.3, -0.25) is 4.79 Å². The lowest BCUT2D eigenvalue weighted by atomic mass is 10.1. The summed E-state index contributed by atoms with van der Waals surface area (Å²) in [5.74, 6) is -1.55. The summed E-state index contributed by atoms with van der Waals surface area (Å²) in [4.78, 5) is 27.5. The zero-order chi connectivity index (χ0) is 22.8. The van der Waals surface area contributed by atoms with E-state index in [4.69, 9.17) is 5.26 Å². The smallest absolute Gasteiger partial charge is 0.337 e. The molecule has 8 heteroatoms. The summed E-state index contributed by atoms with van der Waals surface area (Å²) < 4.78 is 1.79. The highest BCUT2D eigenvalue weighted by atomic mass is 16.4. The molecule has 0 aliphatic carbocycles. The van der Waals surface area contributed by atoms with Crippen molar-refractivity contribution in [1.29, 1.82) is 5.26 Å². The topological polar surface area (TPSA) is 123 Å². The van der Waals surface area contributed by atoms with Crippen LogP contribution in [0.1, 0.15) is 43.2 Å². The van der Waals surface area contributed by atoms with Gasteiger partial charge in [0.15, 0.2) is 0 Å². The third-order valence-corrected chi connectivity index (χ3v) is 5.21. The first kappa shape index (κ1) is 20.6. The van der Waals surface area contributed by atoms with Crippen LogP contribution in [0.3, 0.4) is 0 Å². The number of carbonyl (C=O) groups is 2. The first-order chi connectivity index (χ1) is 15.4. The Kier molecular flexibility index (Phi) is 5.31. The molecule has 158 valence electrons. The molecular weight excluding hydrogens is 406 g/mol. The first-order valence-electron chi connectivity index (χ1n) is 9.76. The van der Waals surface area contributed by atoms with Crippen LogP contribution in [0.15, 0.2) is 59.8 Å². The molecule has 2 aromatic carbocycles. The highest BCUT2D eigenvalue weighted by Gasteiger charge is 2.17. The molecule has 8 nitrogen and oxygen atoms in total. The second kappa shape index (κ2) is 8.24. The number of amides is 1. The van der Waals surface area contributed by atoms with Crippen molar-refractivity contribution >= 4 is 29.0 Å². The zero-order valence-corrected chi connectivity index (χ0v) is 17.4. The molecule has 0 bridgehead atoms. The fraction of sp³-hybridized carbons (Fsp3) is 0.0833. The minimum Gasteiger partial charge on any atom is -0.478 e. The van der Waals surface area contributed by atoms with E-state index in [1.165, 1.54) is 18.3 Å². The van der Waals surface area contributed by atoms with E-state index >= 15 is 0 Å². The van der Waals surface area contributed by atoms with Crippen LogP contribution in [-0.2, 0) is 0 Å². The molecule has 0 saturated carbocycles. The molecule has 0 aliphatic rings. The number of hydrazone groups is 1. The van der Waals surface area contributed by atoms with Crippen LogP contribution in [0.25, 0.3) is 16.6 Å². The van der Waals surface area contributed by atoms with Gasteiger partial charge in [0.2, 0.25) is 0 Å². The van der Waals surface area contributed by atoms with E-state index in [2.05, 4.69) is 21.6 Å². The van der Waals surface area contributed by atoms with Gasteiger partial charge in [-0.1, -0.05) is 0 Å². The molecule has 2 heterocycles. The van der Waals surface area contributed by atoms with Gasteiger partial charge in [0.05, 0.1) is 29.1 Å². The van der Waals surface area contributed by atoms with Crippen molar-refractivity contribution in [3.63, 3.8) is 0 Å². The maximum Gasteiger partial charge on any atom is 0.337 e. The number of nitrogens with one attached hydrogen (secondary N) is 2. The number of hydrogen-bond acceptors (Lipinski definition) is 4. The second-order valence-corrected chi connectivity index (χ2v) is 7.30. The highest BCUT2D eigenvalue weighted by molar-refractivity contribution is 6.01. The molecule has 32 heavy (non-hydrogen) atoms. The lowest BCUT2D eigenvalue weighted by molar-refractivity contribution is 0.0696. The van der Waals surface area contributed by atoms with Gasteiger partial charge in [0, 0.05) is 39.6 Å². The Balaban J connectivity index is 1.61. The highest BCUT2D eigenvalue weighted by Crippen LogP contribution is 2.22. The number of nitriles is 1. The molecule has 2 aromatic heterocycles. The molecular formula is C24H19N5O3. The molecule has 0 radical (unpaired) electrons. The van der Waals surface area contributed by atoms with Gasteiger partial charge in [0.1, 0.15) is 0 Å². The number of aryl methyl sites for hydroxylation is 2. The number of aromatic nitrogens is 2. The van der Waals surface area contributed by atoms with Crippen LogP contribution in [-0.4, -0.2) is 32.7 Å². The Morgan fingerprint density at radius 1 is 1.12 bits per heavy atom. The number of hydrogen-bond donors (Lipinski definition) is 3. The summed E-state index contributed by atoms with van der Waals surface area (Å²) in [7, 11) is 0. The van der Waals surface area contributed by atoms with Crippen LogP contribution < -0.4 is 5.43 Å². The van der Waals surface area contributed by atoms with E-state index in [0.29, 0.717) is 11.3 Å². The Bertz CT molecular complexity index is 1420. The molecule has 1 amide bonds. The standard InChI is InChI=1S/C24H19N5O3/c1-14-3-4-15(2)29(14)22-10-17(6-7-19(22)24(31)32)23(30)28-27-13-18-12-26-21-8-5-16(11-25)9-20(18)21/h3-10,12-13,26H,1-2H3,(H,28,30)(H,31,32). The van der Waals surface area contributed by atoms with Crippen molar-refractivity contribution in [2.75, 3.05) is 0 Å². The van der Waals surface area contributed by atoms with Crippen molar-refractivity contribution in [3.05, 3.63) is 88.4 Å². The molecule has 0 aliphatic heterocycles. The predicted octanol–water partition coefficient (Wildman–Crippen LogP) is 3.91. The van der Waals surface area contributed by atoms with Crippen molar-refractivity contribution in [2.24, 2.45) is 5.10 Å². The van der Waals surface area contributed by atoms with Crippen LogP contribution in [0.2, 0.25) is 0 Å². The largest absolute Gasteiger partial charge is 0.478 e. The Morgan fingerprint density at radius 2 is 1.88 bits per heavy atom. The third kappa shape index (κ3) is 3.75. The number of carboxylic acid groups (broad SMARTS) is 1. The van der Waals surface area contributed by atoms with Crippen LogP contribution in [0, 0.1) is 25.2 Å². The molecule has 4 aromatic rings. The van der Waals surface area contributed by atoms with Crippen molar-refractivity contribution in [2.45, 2.75) is 13.8 Å². The van der Waals surface area contributed by atoms with Gasteiger partial charge in [-0.15, -0.1) is 0 Å². The summed E-state index contributed by atoms with van der Waals surface area (Å²) in [6.07, 6.45) is 3.23. The molecule has 0 atom stereocenters. The average molecular weight is 425 g/mol. The van der Waals surface area contributed by atoms with E-state index in [9.17, 15) is 14.7 Å². The van der Waals surface area contributed by atoms with Crippen molar-refractivity contribution < 1.29 is 14.7 Å². The van der Waals surface area contributed by atoms with Crippen molar-refractivity contribution in [3.8, 4) is 11.8 Å². The molecule has 0 spiro atoms. The minimum atomic E-state index is -1.08. The van der Waals surface area contributed by atoms with E-state index in [0.717, 1.165) is 27.9 Å². The van der Waals surface area contributed by atoms with Gasteiger partial charge in [0.25, 0.3) is 5.91 Å². The van der Waals surface area contributed by atoms with Gasteiger partial charge in [-0.2, -0.15) is 10.4 Å². The van der Waals surface area contributed by atoms with E-state index in [-0.39, 0.29) is 11.1 Å². The number of aromatic carboxylic acids is 1. The summed E-state index contributed by atoms with van der Waals surface area (Å²) in [6.45, 7) is 3.74. The molecule has 4 rings (SSSR count). The van der Waals surface area contributed by atoms with Gasteiger partial charge in [-0.25, -0.2) is 10.2 Å². The normalized spacial score (nSPS) is 11.0. The second-order valence-electron chi connectivity index (χ2n) is 7.30. The molecule has 0 unspecified atom stereocenters. The third-order valence-electron chi connectivity index (χ3n) is 5.21. The van der Waals surface area contributed by atoms with E-state index in [1.807, 2.05) is 26.0 Å². The number of fused-ring (bicyclic) bond motifs is 1. The fourth-order valence-corrected chi connectivity index (χ4v) is 3.63. The fourth-order valence-electron chi connectivity index (χ4n) is 3.63. The number of benzene rings is 2. The summed E-state index contributed by atoms with van der Waals surface area (Å²) in [6, 6.07) is 15.5. The number of carbonyl (C=O) groups excluding carboxylic acids is 1. The summed E-state index contributed by atoms with van der Waals surface area (Å²) in [5, 5.41) is 23.5. The lowest BCUT2D eigenvalue weighted by Crippen LogP contribution is -2.19. The number of carboxylic acids is 1. The SMILES string of the molecule is Cc1ccc(C)n1-c1cc(C(=O)NN=Cc2c[nH]c3ccc(C#N)cc23)ccc1C(=O)O. The Labute approximate surface area is 183 Å². The number of H-pyrrole nitrogens is 1. The lowest BCUT2D eigenvalue weighted by Gasteiger charge is -2.14. The van der Waals surface area contributed by atoms with Crippen LogP contribution >= 0.6 is 0 Å². The Hall–Kier alpha value is -4.64. The predicted molar refractivity (Wildman–Crippen MR) is 120 cm³/mol. The number of aromatic amines is 1. The van der Waals surface area contributed by atoms with Gasteiger partial charge >= 0.3 is 5.97 Å². The van der Waals surface area contributed by atoms with Gasteiger partial charge in [-0.05, 0) is 62.4 Å². The minimum absolute atomic E-state index is 0.0968. The maximum atomic E-state index is 12.7. The first-order valence-corrected chi connectivity index (χ1v) is 9.76. The van der Waals surface area contributed by atoms with Crippen molar-refractivity contribution in [1.82, 2.24) is 15.0 Å². The summed E-state index contributed by atoms with van der Waals surface area (Å²) in [5.41, 5.74) is 7.07. The molecule has 0 saturated heterocycles. The van der Waals surface area contributed by atoms with Crippen LogP contribution in [0.5, 0.6) is 0 Å². The van der Waals surface area contributed by atoms with Gasteiger partial charge < -0.3 is 14.7 Å². The molecule has 3 N–H and O–H groups in total. The van der Waals surface area contributed by atoms with E-state index < -0.39 is 11.9 Å². The maximum absolute atomic E-state index is 12.7. The molecule has 0 fully saturated rings. The van der Waals surface area contributed by atoms with E-state index in [1.54, 1.807) is 35.0 Å². The Morgan fingerprint density at radius 3 is 2.56 bits per heavy atom. The number of rotatable bonds is 5. The monoisotopic (exact) mass is 425 g/mol. The average Bonchev–Trinajstić information content (AvgIpc) is 3.34. The number of nitrogens with zero attached hydrogens (tertiary/aromatic N) is 3. The zero-order valence-electron chi connectivity index (χ0n) is 17.4. The quantitative estimate of drug-likeness (QED) is 0.331. The van der Waals surface area contributed by atoms with Crippen LogP contribution in [0.4, 0.5) is 0 Å². The summed E-state index contributed by atoms with van der Waals surface area (Å²) >= 11 is 0.